The van der Waals surface area contributed by atoms with Gasteiger partial charge in [0.25, 0.3) is 0 Å². The van der Waals surface area contributed by atoms with Gasteiger partial charge in [0.2, 0.25) is 0 Å². The van der Waals surface area contributed by atoms with Crippen molar-refractivity contribution in [1.29, 1.82) is 0 Å². The molecule has 3 heteroatoms. The molecule has 0 aliphatic carbocycles. The van der Waals surface area contributed by atoms with Crippen molar-refractivity contribution >= 4 is 5.78 Å². The lowest BCUT2D eigenvalue weighted by atomic mass is 9.95. The van der Waals surface area contributed by atoms with Crippen LogP contribution in [0.1, 0.15) is 37.8 Å². The van der Waals surface area contributed by atoms with Gasteiger partial charge in [0.1, 0.15) is 11.6 Å². The SMILES string of the molecule is Cc1ccc(F)cc1CC(=O)CCC(C)(C)N. The maximum Gasteiger partial charge on any atom is 0.137 e. The minimum Gasteiger partial charge on any atom is -0.326 e. The normalized spacial score (nSPS) is 11.6. The van der Waals surface area contributed by atoms with Gasteiger partial charge in [-0.25, -0.2) is 4.39 Å². The summed E-state index contributed by atoms with van der Waals surface area (Å²) in [7, 11) is 0. The Morgan fingerprint density at radius 1 is 1.41 bits per heavy atom. The summed E-state index contributed by atoms with van der Waals surface area (Å²) in [5.74, 6) is -0.185. The first-order valence-electron chi connectivity index (χ1n) is 5.83. The minimum absolute atomic E-state index is 0.109. The van der Waals surface area contributed by atoms with Crippen molar-refractivity contribution in [1.82, 2.24) is 0 Å². The second kappa shape index (κ2) is 5.41. The van der Waals surface area contributed by atoms with Gasteiger partial charge < -0.3 is 5.73 Å². The molecule has 0 saturated heterocycles. The van der Waals surface area contributed by atoms with Crippen molar-refractivity contribution in [2.75, 3.05) is 0 Å². The molecule has 17 heavy (non-hydrogen) atoms. The predicted octanol–water partition coefficient (Wildman–Crippen LogP) is 2.76. The zero-order valence-electron chi connectivity index (χ0n) is 10.7. The molecule has 0 aliphatic heterocycles. The molecule has 0 atom stereocenters. The fraction of sp³-hybridized carbons (Fsp3) is 0.500. The Hall–Kier alpha value is -1.22. The number of carbonyl (C=O) groups is 1. The summed E-state index contributed by atoms with van der Waals surface area (Å²) in [4.78, 5) is 11.7. The van der Waals surface area contributed by atoms with E-state index in [0.29, 0.717) is 19.3 Å². The third-order valence-corrected chi connectivity index (χ3v) is 2.75. The quantitative estimate of drug-likeness (QED) is 0.855. The Morgan fingerprint density at radius 2 is 2.06 bits per heavy atom. The summed E-state index contributed by atoms with van der Waals surface area (Å²) in [5.41, 5.74) is 7.21. The molecule has 0 spiro atoms. The summed E-state index contributed by atoms with van der Waals surface area (Å²) in [6, 6.07) is 4.54. The van der Waals surface area contributed by atoms with Crippen LogP contribution in [0, 0.1) is 12.7 Å². The van der Waals surface area contributed by atoms with Crippen LogP contribution in [-0.4, -0.2) is 11.3 Å². The minimum atomic E-state index is -0.327. The Bertz CT molecular complexity index is 407. The van der Waals surface area contributed by atoms with Gasteiger partial charge in [0.15, 0.2) is 0 Å². The molecule has 0 saturated carbocycles. The lowest BCUT2D eigenvalue weighted by Gasteiger charge is -2.17. The monoisotopic (exact) mass is 237 g/mol. The van der Waals surface area contributed by atoms with E-state index < -0.39 is 0 Å². The van der Waals surface area contributed by atoms with Crippen molar-refractivity contribution in [3.63, 3.8) is 0 Å². The standard InChI is InChI=1S/C14H20FNO/c1-10-4-5-12(15)8-11(10)9-13(17)6-7-14(2,3)16/h4-5,8H,6-7,9,16H2,1-3H3. The summed E-state index contributed by atoms with van der Waals surface area (Å²) in [6.07, 6.45) is 1.39. The average molecular weight is 237 g/mol. The molecular formula is C14H20FNO. The molecule has 94 valence electrons. The van der Waals surface area contributed by atoms with Crippen molar-refractivity contribution in [2.24, 2.45) is 5.73 Å². The first kappa shape index (κ1) is 13.8. The topological polar surface area (TPSA) is 43.1 Å². The number of ketones is 1. The molecule has 1 aromatic carbocycles. The van der Waals surface area contributed by atoms with Crippen LogP contribution >= 0.6 is 0 Å². The fourth-order valence-corrected chi connectivity index (χ4v) is 1.59. The second-order valence-corrected chi connectivity index (χ2v) is 5.27. The number of hydrogen-bond acceptors (Lipinski definition) is 2. The maximum absolute atomic E-state index is 13.0. The van der Waals surface area contributed by atoms with E-state index in [1.165, 1.54) is 12.1 Å². The Labute approximate surface area is 102 Å². The van der Waals surface area contributed by atoms with E-state index in [9.17, 15) is 9.18 Å². The molecule has 0 unspecified atom stereocenters. The number of benzene rings is 1. The smallest absolute Gasteiger partial charge is 0.137 e. The van der Waals surface area contributed by atoms with Gasteiger partial charge >= 0.3 is 0 Å². The third kappa shape index (κ3) is 5.09. The molecule has 2 N–H and O–H groups in total. The van der Waals surface area contributed by atoms with Crippen molar-refractivity contribution in [2.45, 2.75) is 45.6 Å². The molecular weight excluding hydrogens is 217 g/mol. The number of Topliss-reactive ketones (excluding diaryl/α,β-unsaturated/α-hetero) is 1. The van der Waals surface area contributed by atoms with Gasteiger partial charge in [-0.15, -0.1) is 0 Å². The summed E-state index contributed by atoms with van der Waals surface area (Å²) in [5, 5.41) is 0. The summed E-state index contributed by atoms with van der Waals surface area (Å²) < 4.78 is 13.0. The van der Waals surface area contributed by atoms with Gasteiger partial charge in [-0.1, -0.05) is 6.07 Å². The zero-order valence-corrected chi connectivity index (χ0v) is 10.7. The van der Waals surface area contributed by atoms with E-state index in [1.54, 1.807) is 6.07 Å². The highest BCUT2D eigenvalue weighted by Crippen LogP contribution is 2.14. The first-order valence-corrected chi connectivity index (χ1v) is 5.83. The highest BCUT2D eigenvalue weighted by Gasteiger charge is 2.14. The van der Waals surface area contributed by atoms with E-state index >= 15 is 0 Å². The number of halogens is 1. The lowest BCUT2D eigenvalue weighted by Crippen LogP contribution is -2.32. The Kier molecular flexibility index (Phi) is 4.40. The van der Waals surface area contributed by atoms with Crippen LogP contribution in [0.5, 0.6) is 0 Å². The Balaban J connectivity index is 2.59. The van der Waals surface area contributed by atoms with E-state index in [-0.39, 0.29) is 17.1 Å². The van der Waals surface area contributed by atoms with Crippen molar-refractivity contribution in [3.8, 4) is 0 Å². The van der Waals surface area contributed by atoms with Crippen LogP contribution in [0.3, 0.4) is 0 Å². The number of carbonyl (C=O) groups excluding carboxylic acids is 1. The van der Waals surface area contributed by atoms with Crippen molar-refractivity contribution in [3.05, 3.63) is 35.1 Å². The number of rotatable bonds is 5. The third-order valence-electron chi connectivity index (χ3n) is 2.75. The van der Waals surface area contributed by atoms with Crippen LogP contribution in [-0.2, 0) is 11.2 Å². The molecule has 0 radical (unpaired) electrons. The van der Waals surface area contributed by atoms with Crippen LogP contribution in [0.4, 0.5) is 4.39 Å². The largest absolute Gasteiger partial charge is 0.326 e. The molecule has 0 bridgehead atoms. The fourth-order valence-electron chi connectivity index (χ4n) is 1.59. The second-order valence-electron chi connectivity index (χ2n) is 5.27. The van der Waals surface area contributed by atoms with Crippen LogP contribution in [0.2, 0.25) is 0 Å². The molecule has 0 aromatic heterocycles. The highest BCUT2D eigenvalue weighted by atomic mass is 19.1. The zero-order chi connectivity index (χ0) is 13.1. The van der Waals surface area contributed by atoms with E-state index in [2.05, 4.69) is 0 Å². The molecule has 0 amide bonds. The van der Waals surface area contributed by atoms with Crippen molar-refractivity contribution < 1.29 is 9.18 Å². The molecule has 2 nitrogen and oxygen atoms in total. The highest BCUT2D eigenvalue weighted by molar-refractivity contribution is 5.81. The van der Waals surface area contributed by atoms with Gasteiger partial charge in [0, 0.05) is 18.4 Å². The van der Waals surface area contributed by atoms with Crippen LogP contribution in [0.25, 0.3) is 0 Å². The molecule has 0 aliphatic rings. The molecule has 0 heterocycles. The Morgan fingerprint density at radius 3 is 2.65 bits per heavy atom. The maximum atomic E-state index is 13.0. The average Bonchev–Trinajstić information content (AvgIpc) is 2.20. The lowest BCUT2D eigenvalue weighted by molar-refractivity contribution is -0.118. The van der Waals surface area contributed by atoms with E-state index in [0.717, 1.165) is 11.1 Å². The molecule has 0 fully saturated rings. The van der Waals surface area contributed by atoms with Gasteiger partial charge in [-0.2, -0.15) is 0 Å². The van der Waals surface area contributed by atoms with Gasteiger partial charge in [-0.3, -0.25) is 4.79 Å². The number of hydrogen-bond donors (Lipinski definition) is 1. The summed E-state index contributed by atoms with van der Waals surface area (Å²) in [6.45, 7) is 5.68. The number of nitrogens with two attached hydrogens (primary N) is 1. The van der Waals surface area contributed by atoms with Crippen LogP contribution in [0.15, 0.2) is 18.2 Å². The van der Waals surface area contributed by atoms with Gasteiger partial charge in [0.05, 0.1) is 0 Å². The first-order chi connectivity index (χ1) is 7.78. The number of aryl methyl sites for hydroxylation is 1. The summed E-state index contributed by atoms with van der Waals surface area (Å²) >= 11 is 0. The van der Waals surface area contributed by atoms with E-state index in [4.69, 9.17) is 5.73 Å². The molecule has 1 aromatic rings. The van der Waals surface area contributed by atoms with Crippen LogP contribution < -0.4 is 5.73 Å². The predicted molar refractivity (Wildman–Crippen MR) is 67.3 cm³/mol. The molecule has 1 rings (SSSR count). The van der Waals surface area contributed by atoms with E-state index in [1.807, 2.05) is 20.8 Å². The van der Waals surface area contributed by atoms with Gasteiger partial charge in [-0.05, 0) is 50.5 Å².